The topological polar surface area (TPSA) is 85.9 Å². The smallest absolute Gasteiger partial charge is 0.296 e. The first kappa shape index (κ1) is 14.4. The third-order valence-corrected chi connectivity index (χ3v) is 2.97. The molecule has 0 fully saturated rings. The van der Waals surface area contributed by atoms with Crippen LogP contribution in [0, 0.1) is 10.1 Å². The Morgan fingerprint density at radius 3 is 3.00 bits per heavy atom. The number of benzene rings is 1. The Labute approximate surface area is 120 Å². The lowest BCUT2D eigenvalue weighted by Gasteiger charge is -2.03. The number of nitrogens with one attached hydrogen (secondary N) is 1. The molecule has 1 aromatic carbocycles. The second-order valence-corrected chi connectivity index (χ2v) is 4.60. The van der Waals surface area contributed by atoms with Crippen molar-refractivity contribution in [3.8, 4) is 5.69 Å². The lowest BCUT2D eigenvalue weighted by atomic mass is 10.2. The van der Waals surface area contributed by atoms with E-state index in [9.17, 15) is 10.1 Å². The zero-order valence-electron chi connectivity index (χ0n) is 10.9. The van der Waals surface area contributed by atoms with E-state index in [1.54, 1.807) is 12.3 Å². The van der Waals surface area contributed by atoms with E-state index in [0.29, 0.717) is 12.2 Å². The summed E-state index contributed by atoms with van der Waals surface area (Å²) in [7, 11) is 0. The van der Waals surface area contributed by atoms with Gasteiger partial charge in [-0.05, 0) is 19.0 Å². The fraction of sp³-hybridized carbons (Fsp3) is 0.333. The van der Waals surface area contributed by atoms with E-state index in [1.165, 1.54) is 16.8 Å². The Morgan fingerprint density at radius 2 is 2.30 bits per heavy atom. The minimum atomic E-state index is -0.488. The molecule has 8 heteroatoms. The summed E-state index contributed by atoms with van der Waals surface area (Å²) in [5.41, 5.74) is 0.830. The molecule has 2 rings (SSSR count). The second kappa shape index (κ2) is 6.44. The van der Waals surface area contributed by atoms with Gasteiger partial charge in [0.2, 0.25) is 0 Å². The van der Waals surface area contributed by atoms with E-state index in [0.717, 1.165) is 13.0 Å². The van der Waals surface area contributed by atoms with Crippen molar-refractivity contribution < 1.29 is 4.92 Å². The van der Waals surface area contributed by atoms with Crippen molar-refractivity contribution in [1.29, 1.82) is 0 Å². The molecule has 0 bridgehead atoms. The van der Waals surface area contributed by atoms with Crippen LogP contribution < -0.4 is 5.32 Å². The molecule has 1 aromatic heterocycles. The lowest BCUT2D eigenvalue weighted by Crippen LogP contribution is -2.13. The van der Waals surface area contributed by atoms with Crippen LogP contribution in [0.4, 0.5) is 5.69 Å². The molecule has 2 aromatic rings. The number of aromatic nitrogens is 3. The van der Waals surface area contributed by atoms with Crippen molar-refractivity contribution in [3.63, 3.8) is 0 Å². The summed E-state index contributed by atoms with van der Waals surface area (Å²) in [6, 6.07) is 4.50. The van der Waals surface area contributed by atoms with Crippen LogP contribution in [0.3, 0.4) is 0 Å². The van der Waals surface area contributed by atoms with Crippen molar-refractivity contribution in [2.45, 2.75) is 19.9 Å². The average Bonchev–Trinajstić information content (AvgIpc) is 2.87. The molecule has 20 heavy (non-hydrogen) atoms. The molecule has 0 spiro atoms. The van der Waals surface area contributed by atoms with Gasteiger partial charge in [-0.1, -0.05) is 29.8 Å². The first-order valence-electron chi connectivity index (χ1n) is 6.18. The fourth-order valence-electron chi connectivity index (χ4n) is 1.76. The Kier molecular flexibility index (Phi) is 4.65. The second-order valence-electron chi connectivity index (χ2n) is 4.20. The Morgan fingerprint density at radius 1 is 1.50 bits per heavy atom. The number of halogens is 1. The molecule has 0 radical (unpaired) electrons. The van der Waals surface area contributed by atoms with Crippen molar-refractivity contribution >= 4 is 17.3 Å². The third kappa shape index (κ3) is 3.12. The predicted octanol–water partition coefficient (Wildman–Crippen LogP) is 2.33. The Bertz CT molecular complexity index is 614. The summed E-state index contributed by atoms with van der Waals surface area (Å²) in [6.07, 6.45) is 2.65. The summed E-state index contributed by atoms with van der Waals surface area (Å²) in [5, 5.41) is 22.4. The fourth-order valence-corrected chi connectivity index (χ4v) is 2.02. The summed E-state index contributed by atoms with van der Waals surface area (Å²) in [5.74, 6) is 0. The van der Waals surface area contributed by atoms with Crippen LogP contribution in [-0.4, -0.2) is 26.5 Å². The average molecular weight is 296 g/mol. The van der Waals surface area contributed by atoms with Gasteiger partial charge in [0.05, 0.1) is 21.8 Å². The number of nitro benzene ring substituents is 1. The first-order chi connectivity index (χ1) is 9.63. The van der Waals surface area contributed by atoms with E-state index >= 15 is 0 Å². The lowest BCUT2D eigenvalue weighted by molar-refractivity contribution is -0.384. The van der Waals surface area contributed by atoms with Crippen LogP contribution in [0.15, 0.2) is 24.4 Å². The third-order valence-electron chi connectivity index (χ3n) is 2.67. The van der Waals surface area contributed by atoms with Gasteiger partial charge in [0.15, 0.2) is 5.69 Å². The number of para-hydroxylation sites is 1. The minimum Gasteiger partial charge on any atom is -0.311 e. The van der Waals surface area contributed by atoms with Crippen LogP contribution in [0.5, 0.6) is 0 Å². The first-order valence-corrected chi connectivity index (χ1v) is 6.56. The van der Waals surface area contributed by atoms with Gasteiger partial charge in [0.25, 0.3) is 5.69 Å². The summed E-state index contributed by atoms with van der Waals surface area (Å²) < 4.78 is 1.34. The van der Waals surface area contributed by atoms with Gasteiger partial charge in [-0.25, -0.2) is 4.68 Å². The van der Waals surface area contributed by atoms with Crippen LogP contribution in [0.2, 0.25) is 5.02 Å². The summed E-state index contributed by atoms with van der Waals surface area (Å²) >= 11 is 6.04. The Balaban J connectivity index is 2.30. The number of nitro groups is 1. The zero-order valence-corrected chi connectivity index (χ0v) is 11.7. The van der Waals surface area contributed by atoms with Gasteiger partial charge in [-0.3, -0.25) is 10.1 Å². The molecule has 0 aliphatic rings. The van der Waals surface area contributed by atoms with E-state index in [-0.39, 0.29) is 16.4 Å². The van der Waals surface area contributed by atoms with Crippen LogP contribution in [-0.2, 0) is 6.54 Å². The maximum atomic E-state index is 11.0. The molecule has 1 heterocycles. The van der Waals surface area contributed by atoms with Crippen LogP contribution in [0.25, 0.3) is 5.69 Å². The largest absolute Gasteiger partial charge is 0.311 e. The molecule has 0 aliphatic carbocycles. The monoisotopic (exact) mass is 295 g/mol. The zero-order chi connectivity index (χ0) is 14.5. The molecule has 0 atom stereocenters. The van der Waals surface area contributed by atoms with Gasteiger partial charge in [0, 0.05) is 12.6 Å². The van der Waals surface area contributed by atoms with Crippen molar-refractivity contribution in [2.75, 3.05) is 6.54 Å². The minimum absolute atomic E-state index is 0.101. The van der Waals surface area contributed by atoms with E-state index in [4.69, 9.17) is 11.6 Å². The van der Waals surface area contributed by atoms with Crippen LogP contribution >= 0.6 is 11.6 Å². The van der Waals surface area contributed by atoms with E-state index in [1.807, 2.05) is 0 Å². The van der Waals surface area contributed by atoms with Gasteiger partial charge < -0.3 is 5.32 Å². The molecule has 0 saturated carbocycles. The maximum Gasteiger partial charge on any atom is 0.296 e. The molecular formula is C12H14ClN5O2. The van der Waals surface area contributed by atoms with E-state index < -0.39 is 4.92 Å². The van der Waals surface area contributed by atoms with Crippen molar-refractivity contribution in [1.82, 2.24) is 20.3 Å². The van der Waals surface area contributed by atoms with Gasteiger partial charge in [-0.15, -0.1) is 5.10 Å². The highest BCUT2D eigenvalue weighted by Crippen LogP contribution is 2.29. The molecular weight excluding hydrogens is 282 g/mol. The Hall–Kier alpha value is -1.99. The predicted molar refractivity (Wildman–Crippen MR) is 75.0 cm³/mol. The van der Waals surface area contributed by atoms with Gasteiger partial charge in [-0.2, -0.15) is 0 Å². The summed E-state index contributed by atoms with van der Waals surface area (Å²) in [6.45, 7) is 3.50. The summed E-state index contributed by atoms with van der Waals surface area (Å²) in [4.78, 5) is 10.5. The van der Waals surface area contributed by atoms with Crippen molar-refractivity contribution in [2.24, 2.45) is 0 Å². The molecule has 0 aliphatic heterocycles. The highest BCUT2D eigenvalue weighted by Gasteiger charge is 2.19. The van der Waals surface area contributed by atoms with E-state index in [2.05, 4.69) is 22.6 Å². The molecule has 1 N–H and O–H groups in total. The highest BCUT2D eigenvalue weighted by molar-refractivity contribution is 6.32. The molecule has 106 valence electrons. The SMILES string of the molecule is CCCNCc1cn(-c2c(Cl)cccc2[N+](=O)[O-])nn1. The molecule has 0 amide bonds. The molecule has 7 nitrogen and oxygen atoms in total. The standard InChI is InChI=1S/C12H14ClN5O2/c1-2-6-14-7-9-8-17(16-15-9)12-10(13)4-3-5-11(12)18(19)20/h3-5,8,14H,2,6-7H2,1H3. The normalized spacial score (nSPS) is 10.7. The maximum absolute atomic E-state index is 11.0. The number of hydrogen-bond acceptors (Lipinski definition) is 5. The molecule has 0 unspecified atom stereocenters. The quantitative estimate of drug-likeness (QED) is 0.502. The van der Waals surface area contributed by atoms with Gasteiger partial charge >= 0.3 is 0 Å². The van der Waals surface area contributed by atoms with Crippen molar-refractivity contribution in [3.05, 3.63) is 45.2 Å². The molecule has 0 saturated heterocycles. The number of nitrogens with zero attached hydrogens (tertiary/aromatic N) is 4. The van der Waals surface area contributed by atoms with Crippen LogP contribution in [0.1, 0.15) is 19.0 Å². The van der Waals surface area contributed by atoms with Gasteiger partial charge in [0.1, 0.15) is 0 Å². The highest BCUT2D eigenvalue weighted by atomic mass is 35.5. The number of hydrogen-bond donors (Lipinski definition) is 1. The number of rotatable bonds is 6.